The van der Waals surface area contributed by atoms with Crippen LogP contribution in [0.5, 0.6) is 11.5 Å². The molecule has 0 aliphatic heterocycles. The molecule has 0 saturated heterocycles. The molecule has 0 bridgehead atoms. The molecule has 2 aromatic carbocycles. The van der Waals surface area contributed by atoms with Gasteiger partial charge in [-0.15, -0.1) is 0 Å². The fourth-order valence-electron chi connectivity index (χ4n) is 3.61. The quantitative estimate of drug-likeness (QED) is 0.383. The lowest BCUT2D eigenvalue weighted by atomic mass is 9.98. The van der Waals surface area contributed by atoms with Gasteiger partial charge in [-0.1, -0.05) is 48.4 Å². The Kier molecular flexibility index (Phi) is 4.41. The van der Waals surface area contributed by atoms with E-state index in [4.69, 9.17) is 16.3 Å². The predicted molar refractivity (Wildman–Crippen MR) is 109 cm³/mol. The van der Waals surface area contributed by atoms with Gasteiger partial charge in [0.2, 0.25) is 0 Å². The number of rotatable bonds is 4. The van der Waals surface area contributed by atoms with Crippen molar-refractivity contribution < 1.29 is 24.2 Å². The molecule has 4 rings (SSSR count). The second-order valence-corrected chi connectivity index (χ2v) is 11.0. The second-order valence-electron chi connectivity index (χ2n) is 7.12. The number of H-pyrrole nitrogens is 1. The number of thiazole rings is 1. The van der Waals surface area contributed by atoms with E-state index in [1.807, 2.05) is 13.0 Å². The molecule has 1 unspecified atom stereocenters. The summed E-state index contributed by atoms with van der Waals surface area (Å²) in [6, 6.07) is 6.45. The highest BCUT2D eigenvalue weighted by atomic mass is 35.5. The van der Waals surface area contributed by atoms with Gasteiger partial charge in [0.15, 0.2) is 0 Å². The minimum absolute atomic E-state index is 0.0818. The van der Waals surface area contributed by atoms with Gasteiger partial charge >= 0.3 is 15.1 Å². The third-order valence-corrected chi connectivity index (χ3v) is 7.49. The van der Waals surface area contributed by atoms with Gasteiger partial charge in [-0.25, -0.2) is 0 Å². The number of halogens is 6. The monoisotopic (exact) mass is 483 g/mol. The van der Waals surface area contributed by atoms with Crippen molar-refractivity contribution in [2.75, 3.05) is 0 Å². The summed E-state index contributed by atoms with van der Waals surface area (Å²) in [5.41, 5.74) is 2.86. The van der Waals surface area contributed by atoms with Crippen LogP contribution in [0.1, 0.15) is 34.0 Å². The van der Waals surface area contributed by atoms with Gasteiger partial charge in [-0.3, -0.25) is 4.79 Å². The number of hydrogen-bond donors (Lipinski definition) is 1. The van der Waals surface area contributed by atoms with Crippen LogP contribution in [0.2, 0.25) is 5.02 Å². The molecular formula is C19H15ClF5NO2S2. The Hall–Kier alpha value is -2.04. The van der Waals surface area contributed by atoms with Crippen LogP contribution in [0.4, 0.5) is 19.4 Å². The van der Waals surface area contributed by atoms with Crippen molar-refractivity contribution in [3.63, 3.8) is 0 Å². The van der Waals surface area contributed by atoms with Crippen molar-refractivity contribution in [2.24, 2.45) is 0 Å². The summed E-state index contributed by atoms with van der Waals surface area (Å²) in [7, 11) is -9.81. The Balaban J connectivity index is 1.61. The Morgan fingerprint density at radius 3 is 2.47 bits per heavy atom. The third kappa shape index (κ3) is 4.08. The van der Waals surface area contributed by atoms with Crippen LogP contribution in [0.15, 0.2) is 46.1 Å². The summed E-state index contributed by atoms with van der Waals surface area (Å²) in [6.45, 7) is 1.85. The highest BCUT2D eigenvalue weighted by molar-refractivity contribution is 8.45. The molecule has 11 heteroatoms. The summed E-state index contributed by atoms with van der Waals surface area (Å²) in [5, 5.41) is -0.563. The maximum atomic E-state index is 12.9. The fraction of sp³-hybridized carbons (Fsp3) is 0.211. The average Bonchev–Trinajstić information content (AvgIpc) is 3.16. The van der Waals surface area contributed by atoms with Crippen molar-refractivity contribution in [3.05, 3.63) is 72.8 Å². The first-order valence-electron chi connectivity index (χ1n) is 8.75. The molecule has 0 amide bonds. The maximum Gasteiger partial charge on any atom is 0.310 e. The zero-order chi connectivity index (χ0) is 22.0. The molecule has 1 atom stereocenters. The van der Waals surface area contributed by atoms with E-state index in [1.54, 1.807) is 12.1 Å². The van der Waals surface area contributed by atoms with E-state index < -0.39 is 20.1 Å². The van der Waals surface area contributed by atoms with Crippen molar-refractivity contribution in [2.45, 2.75) is 30.6 Å². The fourth-order valence-corrected chi connectivity index (χ4v) is 5.55. The molecule has 1 N–H and O–H groups in total. The molecule has 3 aromatic rings. The molecule has 1 aromatic heterocycles. The van der Waals surface area contributed by atoms with Crippen LogP contribution in [0, 0.1) is 6.92 Å². The molecule has 0 radical (unpaired) electrons. The minimum atomic E-state index is -9.81. The standard InChI is InChI=1S/C19H15ClF5NO2S2/c1-10-18(29-19(27)26-10)15-5-2-11-8-12(3-6-14(11)15)28-17-7-4-13(9-16(17)20)30(21,22,23,24)25/h3-4,6-9,15H,2,5H2,1H3,(H,26,27). The van der Waals surface area contributed by atoms with Gasteiger partial charge in [0, 0.05) is 16.5 Å². The molecule has 3 nitrogen and oxygen atoms in total. The van der Waals surface area contributed by atoms with Crippen LogP contribution in [-0.2, 0) is 6.42 Å². The van der Waals surface area contributed by atoms with Gasteiger partial charge in [0.1, 0.15) is 16.4 Å². The number of hydrogen-bond acceptors (Lipinski definition) is 3. The molecule has 30 heavy (non-hydrogen) atoms. The van der Waals surface area contributed by atoms with Crippen LogP contribution in [0.25, 0.3) is 0 Å². The number of nitrogens with one attached hydrogen (secondary N) is 1. The summed E-state index contributed by atoms with van der Waals surface area (Å²) in [4.78, 5) is 13.2. The zero-order valence-corrected chi connectivity index (χ0v) is 17.7. The smallest absolute Gasteiger partial charge is 0.310 e. The number of aryl methyl sites for hydroxylation is 2. The zero-order valence-electron chi connectivity index (χ0n) is 15.4. The van der Waals surface area contributed by atoms with Crippen molar-refractivity contribution >= 4 is 33.2 Å². The topological polar surface area (TPSA) is 42.1 Å². The van der Waals surface area contributed by atoms with Crippen LogP contribution in [-0.4, -0.2) is 4.98 Å². The molecule has 1 aliphatic carbocycles. The number of fused-ring (bicyclic) bond motifs is 1. The van der Waals surface area contributed by atoms with E-state index in [2.05, 4.69) is 4.98 Å². The molecule has 1 aliphatic rings. The normalized spacial score (nSPS) is 18.6. The lowest BCUT2D eigenvalue weighted by Crippen LogP contribution is -2.05. The first-order chi connectivity index (χ1) is 13.7. The van der Waals surface area contributed by atoms with Gasteiger partial charge in [-0.05, 0) is 61.2 Å². The number of aromatic amines is 1. The number of ether oxygens (including phenoxy) is 1. The molecule has 0 saturated carbocycles. The van der Waals surface area contributed by atoms with Crippen LogP contribution in [0.3, 0.4) is 0 Å². The SMILES string of the molecule is Cc1[nH]c(=O)sc1C1CCc2cc(Oc3ccc(S(F)(F)(F)(F)F)cc3Cl)ccc21. The van der Waals surface area contributed by atoms with E-state index >= 15 is 0 Å². The summed E-state index contributed by atoms with van der Waals surface area (Å²) < 4.78 is 70.2. The van der Waals surface area contributed by atoms with E-state index in [0.29, 0.717) is 5.75 Å². The van der Waals surface area contributed by atoms with Crippen LogP contribution < -0.4 is 9.61 Å². The van der Waals surface area contributed by atoms with E-state index in [-0.39, 0.29) is 28.7 Å². The first-order valence-corrected chi connectivity index (χ1v) is 11.9. The summed E-state index contributed by atoms with van der Waals surface area (Å²) >= 11 is 6.95. The Morgan fingerprint density at radius 1 is 1.13 bits per heavy atom. The summed E-state index contributed by atoms with van der Waals surface area (Å²) in [5.74, 6) is 0.255. The number of benzene rings is 2. The minimum Gasteiger partial charge on any atom is -0.456 e. The third-order valence-electron chi connectivity index (χ3n) is 4.95. The Labute approximate surface area is 177 Å². The van der Waals surface area contributed by atoms with E-state index in [9.17, 15) is 24.2 Å². The largest absolute Gasteiger partial charge is 0.456 e. The van der Waals surface area contributed by atoms with E-state index in [1.165, 1.54) is 11.3 Å². The highest BCUT2D eigenvalue weighted by Gasteiger charge is 2.65. The van der Waals surface area contributed by atoms with Crippen molar-refractivity contribution in [1.82, 2.24) is 4.98 Å². The Morgan fingerprint density at radius 2 is 1.87 bits per heavy atom. The van der Waals surface area contributed by atoms with Gasteiger partial charge in [0.25, 0.3) is 0 Å². The van der Waals surface area contributed by atoms with Gasteiger partial charge < -0.3 is 9.72 Å². The first kappa shape index (κ1) is 21.2. The second kappa shape index (κ2) is 6.24. The molecular weight excluding hydrogens is 469 g/mol. The van der Waals surface area contributed by atoms with Crippen molar-refractivity contribution in [3.8, 4) is 11.5 Å². The van der Waals surface area contributed by atoms with Crippen molar-refractivity contribution in [1.29, 1.82) is 0 Å². The molecule has 0 spiro atoms. The van der Waals surface area contributed by atoms with Gasteiger partial charge in [-0.2, -0.15) is 0 Å². The lowest BCUT2D eigenvalue weighted by molar-refractivity contribution is 0.364. The average molecular weight is 484 g/mol. The molecule has 162 valence electrons. The summed E-state index contributed by atoms with van der Waals surface area (Å²) in [6.07, 6.45) is 1.55. The molecule has 0 fully saturated rings. The molecule has 1 heterocycles. The highest BCUT2D eigenvalue weighted by Crippen LogP contribution is 3.02. The lowest BCUT2D eigenvalue weighted by Gasteiger charge is -2.40. The Bertz CT molecular complexity index is 1220. The van der Waals surface area contributed by atoms with Crippen LogP contribution >= 0.6 is 33.2 Å². The van der Waals surface area contributed by atoms with Gasteiger partial charge in [0.05, 0.1) is 5.02 Å². The predicted octanol–water partition coefficient (Wildman–Crippen LogP) is 7.93. The number of aromatic nitrogens is 1. The van der Waals surface area contributed by atoms with E-state index in [0.717, 1.165) is 40.6 Å². The maximum absolute atomic E-state index is 12.9.